The minimum absolute atomic E-state index is 0.291. The number of benzene rings is 7. The molecule has 0 aliphatic rings. The van der Waals surface area contributed by atoms with Crippen molar-refractivity contribution in [3.8, 4) is 33.8 Å². The highest BCUT2D eigenvalue weighted by atomic mass is 19.1. The van der Waals surface area contributed by atoms with Crippen LogP contribution in [0.25, 0.3) is 88.2 Å². The molecule has 0 saturated carbocycles. The largest absolute Gasteiger partial charge is 0.452 e. The molecule has 0 N–H and O–H groups in total. The molecule has 0 radical (unpaired) electrons. The van der Waals surface area contributed by atoms with Gasteiger partial charge in [-0.25, -0.2) is 14.4 Å². The van der Waals surface area contributed by atoms with Crippen LogP contribution in [-0.2, 0) is 0 Å². The van der Waals surface area contributed by atoms with Crippen LogP contribution in [0.4, 0.5) is 4.39 Å². The molecule has 0 fully saturated rings. The molecule has 7 aromatic carbocycles. The molecule has 3 nitrogen and oxygen atoms in total. The molecule has 9 rings (SSSR count). The van der Waals surface area contributed by atoms with Gasteiger partial charge in [0.1, 0.15) is 22.6 Å². The predicted molar refractivity (Wildman–Crippen MR) is 178 cm³/mol. The Hall–Kier alpha value is -5.87. The number of rotatable bonds is 3. The third-order valence-corrected chi connectivity index (χ3v) is 8.54. The fourth-order valence-electron chi connectivity index (χ4n) is 6.55. The highest BCUT2D eigenvalue weighted by molar-refractivity contribution is 6.26. The molecule has 0 aliphatic heterocycles. The summed E-state index contributed by atoms with van der Waals surface area (Å²) in [6.07, 6.45) is 0. The highest BCUT2D eigenvalue weighted by Crippen LogP contribution is 2.43. The molecule has 4 heteroatoms. The van der Waals surface area contributed by atoms with Gasteiger partial charge in [0.25, 0.3) is 0 Å². The molecule has 0 aliphatic carbocycles. The Morgan fingerprint density at radius 2 is 1.05 bits per heavy atom. The van der Waals surface area contributed by atoms with E-state index in [1.54, 1.807) is 6.07 Å². The molecule has 44 heavy (non-hydrogen) atoms. The second-order valence-electron chi connectivity index (χ2n) is 11.1. The van der Waals surface area contributed by atoms with E-state index in [-0.39, 0.29) is 5.82 Å². The van der Waals surface area contributed by atoms with Gasteiger partial charge in [0, 0.05) is 16.7 Å². The van der Waals surface area contributed by atoms with Crippen molar-refractivity contribution in [2.75, 3.05) is 0 Å². The van der Waals surface area contributed by atoms with E-state index in [2.05, 4.69) is 30.3 Å². The topological polar surface area (TPSA) is 38.9 Å². The van der Waals surface area contributed by atoms with E-state index >= 15 is 4.39 Å². The van der Waals surface area contributed by atoms with Gasteiger partial charge >= 0.3 is 0 Å². The Balaban J connectivity index is 1.39. The Kier molecular flexibility index (Phi) is 5.38. The molecule has 206 valence electrons. The van der Waals surface area contributed by atoms with Gasteiger partial charge in [0.05, 0.1) is 5.39 Å². The van der Waals surface area contributed by atoms with Crippen molar-refractivity contribution >= 4 is 54.4 Å². The first-order valence-electron chi connectivity index (χ1n) is 14.6. The first-order chi connectivity index (χ1) is 21.7. The molecule has 0 unspecified atom stereocenters. The van der Waals surface area contributed by atoms with E-state index in [0.717, 1.165) is 54.4 Å². The Labute approximate surface area is 251 Å². The van der Waals surface area contributed by atoms with E-state index < -0.39 is 0 Å². The van der Waals surface area contributed by atoms with Gasteiger partial charge < -0.3 is 4.42 Å². The SMILES string of the molecule is Fc1cc2c3ccccc3c3ccccc3c2cc1-c1cccc2oc3c(-c4ccccc4)nc(-c4ccccc4)nc3c12. The van der Waals surface area contributed by atoms with Crippen molar-refractivity contribution in [2.24, 2.45) is 0 Å². The van der Waals surface area contributed by atoms with Crippen molar-refractivity contribution < 1.29 is 8.81 Å². The molecule has 0 bridgehead atoms. The molecule has 0 spiro atoms. The summed E-state index contributed by atoms with van der Waals surface area (Å²) in [7, 11) is 0. The summed E-state index contributed by atoms with van der Waals surface area (Å²) in [5, 5.41) is 7.05. The van der Waals surface area contributed by atoms with Crippen LogP contribution in [0.2, 0.25) is 0 Å². The summed E-state index contributed by atoms with van der Waals surface area (Å²) in [5.41, 5.74) is 5.64. The van der Waals surface area contributed by atoms with Crippen LogP contribution in [0.3, 0.4) is 0 Å². The van der Waals surface area contributed by atoms with E-state index in [1.807, 2.05) is 103 Å². The summed E-state index contributed by atoms with van der Waals surface area (Å²) in [6.45, 7) is 0. The zero-order valence-electron chi connectivity index (χ0n) is 23.5. The first kappa shape index (κ1) is 24.7. The third kappa shape index (κ3) is 3.68. The minimum Gasteiger partial charge on any atom is -0.452 e. The Morgan fingerprint density at radius 1 is 0.477 bits per heavy atom. The van der Waals surface area contributed by atoms with Crippen molar-refractivity contribution in [1.82, 2.24) is 9.97 Å². The average molecular weight is 567 g/mol. The average Bonchev–Trinajstić information content (AvgIpc) is 3.48. The fourth-order valence-corrected chi connectivity index (χ4v) is 6.55. The Bertz CT molecular complexity index is 2550. The van der Waals surface area contributed by atoms with Crippen molar-refractivity contribution in [3.63, 3.8) is 0 Å². The number of hydrogen-bond donors (Lipinski definition) is 0. The van der Waals surface area contributed by atoms with Gasteiger partial charge in [0.15, 0.2) is 11.4 Å². The van der Waals surface area contributed by atoms with Crippen molar-refractivity contribution in [2.45, 2.75) is 0 Å². The zero-order valence-corrected chi connectivity index (χ0v) is 23.5. The van der Waals surface area contributed by atoms with E-state index in [0.29, 0.717) is 33.8 Å². The number of nitrogens with zero attached hydrogens (tertiary/aromatic N) is 2. The molecule has 9 aromatic rings. The second-order valence-corrected chi connectivity index (χ2v) is 11.1. The van der Waals surface area contributed by atoms with Crippen molar-refractivity contribution in [1.29, 1.82) is 0 Å². The monoisotopic (exact) mass is 566 g/mol. The van der Waals surface area contributed by atoms with Crippen LogP contribution in [0, 0.1) is 5.82 Å². The van der Waals surface area contributed by atoms with Gasteiger partial charge in [0.2, 0.25) is 0 Å². The lowest BCUT2D eigenvalue weighted by Crippen LogP contribution is -1.94. The lowest BCUT2D eigenvalue weighted by atomic mass is 9.91. The van der Waals surface area contributed by atoms with Gasteiger partial charge in [-0.15, -0.1) is 0 Å². The van der Waals surface area contributed by atoms with E-state index in [4.69, 9.17) is 14.4 Å². The lowest BCUT2D eigenvalue weighted by Gasteiger charge is -2.13. The van der Waals surface area contributed by atoms with Gasteiger partial charge in [-0.1, -0.05) is 121 Å². The number of aromatic nitrogens is 2. The third-order valence-electron chi connectivity index (χ3n) is 8.54. The molecule has 2 aromatic heterocycles. The first-order valence-corrected chi connectivity index (χ1v) is 14.6. The summed E-state index contributed by atoms with van der Waals surface area (Å²) >= 11 is 0. The highest BCUT2D eigenvalue weighted by Gasteiger charge is 2.22. The number of hydrogen-bond acceptors (Lipinski definition) is 3. The molecule has 2 heterocycles. The maximum Gasteiger partial charge on any atom is 0.180 e. The molecule has 0 saturated heterocycles. The Morgan fingerprint density at radius 3 is 1.70 bits per heavy atom. The van der Waals surface area contributed by atoms with Crippen LogP contribution >= 0.6 is 0 Å². The summed E-state index contributed by atoms with van der Waals surface area (Å²) in [5.74, 6) is 0.298. The summed E-state index contributed by atoms with van der Waals surface area (Å²) in [4.78, 5) is 10.0. The zero-order chi connectivity index (χ0) is 29.2. The molecular formula is C40H23FN2O. The number of halogens is 1. The van der Waals surface area contributed by atoms with Crippen LogP contribution in [0.15, 0.2) is 144 Å². The molecule has 0 amide bonds. The second kappa shape index (κ2) is 9.58. The maximum absolute atomic E-state index is 16.4. The van der Waals surface area contributed by atoms with Gasteiger partial charge in [-0.2, -0.15) is 0 Å². The van der Waals surface area contributed by atoms with Crippen LogP contribution < -0.4 is 0 Å². The standard InChI is InChI=1S/C40H23FN2O/c41-34-23-32-29-19-10-8-17-27(29)26-16-7-9-18-28(26)31(32)22-33(34)30-20-11-21-35-36(30)38-39(44-35)37(24-12-3-1-4-13-24)42-40(43-38)25-14-5-2-6-15-25/h1-23H. The van der Waals surface area contributed by atoms with Crippen LogP contribution in [0.1, 0.15) is 0 Å². The molecular weight excluding hydrogens is 543 g/mol. The minimum atomic E-state index is -0.291. The fraction of sp³-hybridized carbons (Fsp3) is 0. The van der Waals surface area contributed by atoms with E-state index in [9.17, 15) is 0 Å². The maximum atomic E-state index is 16.4. The van der Waals surface area contributed by atoms with Crippen molar-refractivity contribution in [3.05, 3.63) is 145 Å². The smallest absolute Gasteiger partial charge is 0.180 e. The number of fused-ring (bicyclic) bond motifs is 9. The van der Waals surface area contributed by atoms with Crippen LogP contribution in [0.5, 0.6) is 0 Å². The van der Waals surface area contributed by atoms with Crippen LogP contribution in [-0.4, -0.2) is 9.97 Å². The van der Waals surface area contributed by atoms with Gasteiger partial charge in [-0.3, -0.25) is 0 Å². The lowest BCUT2D eigenvalue weighted by molar-refractivity contribution is 0.633. The summed E-state index contributed by atoms with van der Waals surface area (Å²) < 4.78 is 22.9. The summed E-state index contributed by atoms with van der Waals surface area (Å²) in [6, 6.07) is 45.9. The quantitative estimate of drug-likeness (QED) is 0.200. The van der Waals surface area contributed by atoms with E-state index in [1.165, 1.54) is 0 Å². The number of furan rings is 1. The van der Waals surface area contributed by atoms with Gasteiger partial charge in [-0.05, 0) is 56.1 Å². The predicted octanol–water partition coefficient (Wildman–Crippen LogP) is 11.0. The molecule has 0 atom stereocenters. The normalized spacial score (nSPS) is 11.8.